The zero-order valence-corrected chi connectivity index (χ0v) is 13.5. The SMILES string of the molecule is O=c1[nH]c(C(F)(F)F)nc2c1CCN(Cc1c(F)cccc1C(F)(F)F)C2. The summed E-state index contributed by atoms with van der Waals surface area (Å²) in [5.74, 6) is -2.54. The molecule has 0 atom stereocenters. The van der Waals surface area contributed by atoms with Crippen LogP contribution in [0.5, 0.6) is 0 Å². The minimum Gasteiger partial charge on any atom is -0.303 e. The van der Waals surface area contributed by atoms with Gasteiger partial charge in [-0.1, -0.05) is 6.07 Å². The van der Waals surface area contributed by atoms with E-state index in [-0.39, 0.29) is 30.8 Å². The first kappa shape index (κ1) is 19.3. The van der Waals surface area contributed by atoms with E-state index in [9.17, 15) is 35.5 Å². The van der Waals surface area contributed by atoms with Crippen LogP contribution in [0.15, 0.2) is 23.0 Å². The molecule has 3 rings (SSSR count). The van der Waals surface area contributed by atoms with E-state index in [2.05, 4.69) is 4.98 Å². The highest BCUT2D eigenvalue weighted by Crippen LogP contribution is 2.34. The maximum absolute atomic E-state index is 14.0. The number of fused-ring (bicyclic) bond motifs is 1. The predicted molar refractivity (Wildman–Crippen MR) is 79.1 cm³/mol. The Morgan fingerprint density at radius 3 is 2.44 bits per heavy atom. The minimum absolute atomic E-state index is 0.00833. The molecule has 0 radical (unpaired) electrons. The van der Waals surface area contributed by atoms with Crippen LogP contribution >= 0.6 is 0 Å². The van der Waals surface area contributed by atoms with E-state index in [4.69, 9.17) is 0 Å². The van der Waals surface area contributed by atoms with Crippen molar-refractivity contribution in [2.75, 3.05) is 6.54 Å². The molecular formula is C16H12F7N3O. The number of benzene rings is 1. The highest BCUT2D eigenvalue weighted by Gasteiger charge is 2.37. The first-order valence-corrected chi connectivity index (χ1v) is 7.73. The smallest absolute Gasteiger partial charge is 0.303 e. The fourth-order valence-electron chi connectivity index (χ4n) is 2.97. The van der Waals surface area contributed by atoms with Crippen LogP contribution in [-0.2, 0) is 31.9 Å². The van der Waals surface area contributed by atoms with Crippen LogP contribution in [0.4, 0.5) is 30.7 Å². The van der Waals surface area contributed by atoms with Crippen molar-refractivity contribution < 1.29 is 30.7 Å². The fraction of sp³-hybridized carbons (Fsp3) is 0.375. The molecule has 1 N–H and O–H groups in total. The van der Waals surface area contributed by atoms with Crippen LogP contribution < -0.4 is 5.56 Å². The van der Waals surface area contributed by atoms with Crippen LogP contribution in [0.1, 0.15) is 28.2 Å². The van der Waals surface area contributed by atoms with Gasteiger partial charge in [-0.3, -0.25) is 9.69 Å². The lowest BCUT2D eigenvalue weighted by Crippen LogP contribution is -2.36. The molecule has 0 fully saturated rings. The van der Waals surface area contributed by atoms with Gasteiger partial charge >= 0.3 is 12.4 Å². The summed E-state index contributed by atoms with van der Waals surface area (Å²) >= 11 is 0. The third-order valence-corrected chi connectivity index (χ3v) is 4.23. The average Bonchev–Trinajstić information content (AvgIpc) is 2.54. The van der Waals surface area contributed by atoms with E-state index in [0.29, 0.717) is 0 Å². The Balaban J connectivity index is 1.92. The molecule has 0 aliphatic carbocycles. The largest absolute Gasteiger partial charge is 0.449 e. The molecule has 0 spiro atoms. The van der Waals surface area contributed by atoms with E-state index in [0.717, 1.165) is 18.2 Å². The molecule has 0 saturated carbocycles. The summed E-state index contributed by atoms with van der Waals surface area (Å²) in [6.07, 6.45) is -9.65. The second-order valence-corrected chi connectivity index (χ2v) is 6.06. The summed E-state index contributed by atoms with van der Waals surface area (Å²) < 4.78 is 91.6. The van der Waals surface area contributed by atoms with E-state index >= 15 is 0 Å². The second-order valence-electron chi connectivity index (χ2n) is 6.06. The Hall–Kier alpha value is -2.43. The Morgan fingerprint density at radius 1 is 1.11 bits per heavy atom. The lowest BCUT2D eigenvalue weighted by atomic mass is 10.0. The van der Waals surface area contributed by atoms with Gasteiger partial charge in [0.15, 0.2) is 0 Å². The van der Waals surface area contributed by atoms with Crippen molar-refractivity contribution in [2.24, 2.45) is 0 Å². The third kappa shape index (κ3) is 3.97. The van der Waals surface area contributed by atoms with Gasteiger partial charge in [0.2, 0.25) is 5.82 Å². The van der Waals surface area contributed by atoms with Crippen LogP contribution in [-0.4, -0.2) is 21.4 Å². The van der Waals surface area contributed by atoms with Crippen LogP contribution in [0.2, 0.25) is 0 Å². The van der Waals surface area contributed by atoms with E-state index in [1.54, 1.807) is 4.98 Å². The van der Waals surface area contributed by atoms with Crippen molar-refractivity contribution in [3.05, 3.63) is 62.6 Å². The Morgan fingerprint density at radius 2 is 1.81 bits per heavy atom. The first-order chi connectivity index (χ1) is 12.5. The molecule has 0 amide bonds. The number of halogens is 7. The average molecular weight is 395 g/mol. The molecule has 0 unspecified atom stereocenters. The number of hydrogen-bond acceptors (Lipinski definition) is 3. The molecule has 4 nitrogen and oxygen atoms in total. The van der Waals surface area contributed by atoms with Gasteiger partial charge in [0.25, 0.3) is 5.56 Å². The highest BCUT2D eigenvalue weighted by molar-refractivity contribution is 5.31. The zero-order chi connectivity index (χ0) is 20.0. The molecule has 1 aliphatic rings. The quantitative estimate of drug-likeness (QED) is 0.792. The van der Waals surface area contributed by atoms with Gasteiger partial charge in [-0.25, -0.2) is 9.37 Å². The topological polar surface area (TPSA) is 49.0 Å². The Kier molecular flexibility index (Phi) is 4.74. The number of alkyl halides is 6. The highest BCUT2D eigenvalue weighted by atomic mass is 19.4. The molecule has 0 saturated heterocycles. The van der Waals surface area contributed by atoms with Crippen LogP contribution in [0.3, 0.4) is 0 Å². The minimum atomic E-state index is -4.87. The molecule has 27 heavy (non-hydrogen) atoms. The van der Waals surface area contributed by atoms with Crippen molar-refractivity contribution in [3.8, 4) is 0 Å². The number of rotatable bonds is 2. The van der Waals surface area contributed by atoms with Gasteiger partial charge in [0, 0.05) is 30.8 Å². The van der Waals surface area contributed by atoms with Crippen molar-refractivity contribution in [1.82, 2.24) is 14.9 Å². The number of nitrogens with zero attached hydrogens (tertiary/aromatic N) is 2. The number of H-pyrrole nitrogens is 1. The molecule has 0 bridgehead atoms. The van der Waals surface area contributed by atoms with Crippen molar-refractivity contribution in [2.45, 2.75) is 31.9 Å². The van der Waals surface area contributed by atoms with Gasteiger partial charge in [0.05, 0.1) is 11.3 Å². The molecule has 2 aromatic rings. The second kappa shape index (κ2) is 6.63. The summed E-state index contributed by atoms with van der Waals surface area (Å²) in [7, 11) is 0. The maximum Gasteiger partial charge on any atom is 0.449 e. The summed E-state index contributed by atoms with van der Waals surface area (Å²) in [5.41, 5.74) is -2.82. The summed E-state index contributed by atoms with van der Waals surface area (Å²) in [5, 5.41) is 0. The van der Waals surface area contributed by atoms with Gasteiger partial charge in [-0.15, -0.1) is 0 Å². The fourth-order valence-corrected chi connectivity index (χ4v) is 2.97. The molecule has 1 aromatic heterocycles. The molecule has 146 valence electrons. The molecule has 1 aromatic carbocycles. The summed E-state index contributed by atoms with van der Waals surface area (Å²) in [6, 6.07) is 2.55. The van der Waals surface area contributed by atoms with E-state index in [1.165, 1.54) is 4.90 Å². The Labute approximate surface area is 147 Å². The standard InChI is InChI=1S/C16H12F7N3O/c17-11-3-1-2-10(15(18,19)20)9(11)6-26-5-4-8-12(7-26)24-14(16(21,22)23)25-13(8)27/h1-3H,4-7H2,(H,24,25,27). The molecular weight excluding hydrogens is 383 g/mol. The van der Waals surface area contributed by atoms with Crippen molar-refractivity contribution in [1.29, 1.82) is 0 Å². The van der Waals surface area contributed by atoms with Crippen molar-refractivity contribution >= 4 is 0 Å². The molecule has 2 heterocycles. The normalized spacial score (nSPS) is 15.7. The van der Waals surface area contributed by atoms with Gasteiger partial charge in [0.1, 0.15) is 5.82 Å². The van der Waals surface area contributed by atoms with Gasteiger partial charge in [-0.05, 0) is 18.6 Å². The van der Waals surface area contributed by atoms with Crippen LogP contribution in [0, 0.1) is 5.82 Å². The van der Waals surface area contributed by atoms with Gasteiger partial charge in [-0.2, -0.15) is 26.3 Å². The molecule has 11 heteroatoms. The first-order valence-electron chi connectivity index (χ1n) is 7.73. The lowest BCUT2D eigenvalue weighted by Gasteiger charge is -2.29. The number of aromatic amines is 1. The lowest BCUT2D eigenvalue weighted by molar-refractivity contribution is -0.145. The predicted octanol–water partition coefficient (Wildman–Crippen LogP) is 3.50. The van der Waals surface area contributed by atoms with Crippen molar-refractivity contribution in [3.63, 3.8) is 0 Å². The van der Waals surface area contributed by atoms with E-state index < -0.39 is 47.2 Å². The third-order valence-electron chi connectivity index (χ3n) is 4.23. The monoisotopic (exact) mass is 395 g/mol. The number of nitrogens with one attached hydrogen (secondary N) is 1. The maximum atomic E-state index is 14.0. The summed E-state index contributed by atoms with van der Waals surface area (Å²) in [6.45, 7) is -0.695. The number of hydrogen-bond donors (Lipinski definition) is 1. The Bertz CT molecular complexity index is 918. The molecule has 1 aliphatic heterocycles. The van der Waals surface area contributed by atoms with Gasteiger partial charge < -0.3 is 4.98 Å². The summed E-state index contributed by atoms with van der Waals surface area (Å²) in [4.78, 5) is 18.2. The van der Waals surface area contributed by atoms with E-state index in [1.807, 2.05) is 0 Å². The number of aromatic nitrogens is 2. The van der Waals surface area contributed by atoms with Crippen LogP contribution in [0.25, 0.3) is 0 Å². The zero-order valence-electron chi connectivity index (χ0n) is 13.5.